The van der Waals surface area contributed by atoms with Gasteiger partial charge in [0.15, 0.2) is 0 Å². The van der Waals surface area contributed by atoms with Crippen molar-refractivity contribution in [3.63, 3.8) is 0 Å². The van der Waals surface area contributed by atoms with Crippen LogP contribution < -0.4 is 5.32 Å². The largest absolute Gasteiger partial charge is 0.314 e. The van der Waals surface area contributed by atoms with Crippen LogP contribution in [0.15, 0.2) is 0 Å². The second-order valence-electron chi connectivity index (χ2n) is 7.20. The van der Waals surface area contributed by atoms with E-state index in [1.807, 2.05) is 0 Å². The Hall–Kier alpha value is -0.0800. The van der Waals surface area contributed by atoms with E-state index in [0.717, 1.165) is 36.3 Å². The first kappa shape index (κ1) is 15.3. The lowest BCUT2D eigenvalue weighted by Gasteiger charge is -2.42. The molecule has 0 radical (unpaired) electrons. The summed E-state index contributed by atoms with van der Waals surface area (Å²) in [5, 5.41) is 3.77. The molecule has 2 nitrogen and oxygen atoms in total. The van der Waals surface area contributed by atoms with Crippen LogP contribution in [0.4, 0.5) is 0 Å². The van der Waals surface area contributed by atoms with E-state index in [0.29, 0.717) is 0 Å². The normalized spacial score (nSPS) is 40.7. The maximum atomic E-state index is 3.77. The highest BCUT2D eigenvalue weighted by Crippen LogP contribution is 2.35. The van der Waals surface area contributed by atoms with Gasteiger partial charge in [-0.3, -0.25) is 0 Å². The molecule has 0 aromatic heterocycles. The van der Waals surface area contributed by atoms with Crippen LogP contribution in [0.2, 0.25) is 0 Å². The molecule has 0 aromatic carbocycles. The summed E-state index contributed by atoms with van der Waals surface area (Å²) in [4.78, 5) is 2.75. The molecule has 2 fully saturated rings. The molecule has 1 N–H and O–H groups in total. The number of nitrogens with zero attached hydrogens (tertiary/aromatic N) is 1. The van der Waals surface area contributed by atoms with Gasteiger partial charge in [-0.15, -0.1) is 0 Å². The first-order valence-electron chi connectivity index (χ1n) is 8.59. The van der Waals surface area contributed by atoms with Crippen LogP contribution >= 0.6 is 0 Å². The summed E-state index contributed by atoms with van der Waals surface area (Å²) in [6.45, 7) is 14.7. The summed E-state index contributed by atoms with van der Waals surface area (Å²) in [7, 11) is 0. The van der Waals surface area contributed by atoms with Crippen LogP contribution in [-0.2, 0) is 0 Å². The summed E-state index contributed by atoms with van der Waals surface area (Å²) in [5.74, 6) is 3.62. The summed E-state index contributed by atoms with van der Waals surface area (Å²) >= 11 is 0. The second-order valence-corrected chi connectivity index (χ2v) is 7.20. The Morgan fingerprint density at radius 3 is 2.58 bits per heavy atom. The lowest BCUT2D eigenvalue weighted by molar-refractivity contribution is 0.110. The van der Waals surface area contributed by atoms with E-state index in [1.54, 1.807) is 0 Å². The minimum atomic E-state index is 0.754. The molecule has 2 aliphatic rings. The van der Waals surface area contributed by atoms with E-state index in [9.17, 15) is 0 Å². The van der Waals surface area contributed by atoms with E-state index >= 15 is 0 Å². The molecule has 1 aliphatic carbocycles. The zero-order chi connectivity index (χ0) is 13.8. The molecule has 1 heterocycles. The van der Waals surface area contributed by atoms with Crippen molar-refractivity contribution in [2.45, 2.75) is 59.4 Å². The molecule has 5 unspecified atom stereocenters. The van der Waals surface area contributed by atoms with E-state index in [-0.39, 0.29) is 0 Å². The third-order valence-corrected chi connectivity index (χ3v) is 5.56. The fraction of sp³-hybridized carbons (Fsp3) is 1.00. The van der Waals surface area contributed by atoms with Gasteiger partial charge in [0, 0.05) is 19.1 Å². The zero-order valence-corrected chi connectivity index (χ0v) is 13.5. The third kappa shape index (κ3) is 3.95. The van der Waals surface area contributed by atoms with Crippen molar-refractivity contribution >= 4 is 0 Å². The molecule has 1 saturated carbocycles. The maximum Gasteiger partial charge on any atom is 0.0112 e. The summed E-state index contributed by atoms with van der Waals surface area (Å²) in [5.41, 5.74) is 0. The number of hydrogen-bond acceptors (Lipinski definition) is 2. The van der Waals surface area contributed by atoms with Crippen LogP contribution in [-0.4, -0.2) is 37.1 Å². The molecule has 2 heteroatoms. The Balaban J connectivity index is 1.91. The number of likely N-dealkylation sites (tertiary alicyclic amines) is 1. The first-order chi connectivity index (χ1) is 9.13. The quantitative estimate of drug-likeness (QED) is 0.820. The minimum absolute atomic E-state index is 0.754. The van der Waals surface area contributed by atoms with Gasteiger partial charge in [-0.2, -0.15) is 0 Å². The van der Waals surface area contributed by atoms with E-state index in [4.69, 9.17) is 0 Å². The summed E-state index contributed by atoms with van der Waals surface area (Å²) in [6.07, 6.45) is 5.61. The fourth-order valence-corrected chi connectivity index (χ4v) is 4.42. The Kier molecular flexibility index (Phi) is 5.70. The van der Waals surface area contributed by atoms with Crippen LogP contribution in [0.1, 0.15) is 53.4 Å². The fourth-order valence-electron chi connectivity index (χ4n) is 4.42. The van der Waals surface area contributed by atoms with Gasteiger partial charge < -0.3 is 10.2 Å². The molecule has 1 aliphatic heterocycles. The molecule has 112 valence electrons. The Labute approximate surface area is 120 Å². The molecule has 0 bridgehead atoms. The maximum absolute atomic E-state index is 3.77. The van der Waals surface area contributed by atoms with Crippen molar-refractivity contribution in [2.24, 2.45) is 23.7 Å². The van der Waals surface area contributed by atoms with Gasteiger partial charge in [0.25, 0.3) is 0 Å². The van der Waals surface area contributed by atoms with Crippen LogP contribution in [0.25, 0.3) is 0 Å². The Morgan fingerprint density at radius 2 is 1.95 bits per heavy atom. The molecule has 5 atom stereocenters. The summed E-state index contributed by atoms with van der Waals surface area (Å²) in [6, 6.07) is 0.754. The Morgan fingerprint density at radius 1 is 1.16 bits per heavy atom. The average molecular weight is 266 g/mol. The van der Waals surface area contributed by atoms with Crippen molar-refractivity contribution < 1.29 is 0 Å². The molecule has 0 spiro atoms. The predicted molar refractivity (Wildman–Crippen MR) is 83.4 cm³/mol. The van der Waals surface area contributed by atoms with Crippen molar-refractivity contribution in [1.82, 2.24) is 10.2 Å². The van der Waals surface area contributed by atoms with Gasteiger partial charge in [0.05, 0.1) is 0 Å². The SMILES string of the molecule is CCNC1CC(C)CC(C)C1CN1CCC(CC)C1. The lowest BCUT2D eigenvalue weighted by atomic mass is 9.72. The molecule has 19 heavy (non-hydrogen) atoms. The monoisotopic (exact) mass is 266 g/mol. The molecule has 0 aromatic rings. The van der Waals surface area contributed by atoms with E-state index in [1.165, 1.54) is 45.3 Å². The summed E-state index contributed by atoms with van der Waals surface area (Å²) < 4.78 is 0. The van der Waals surface area contributed by atoms with Crippen LogP contribution in [0.3, 0.4) is 0 Å². The van der Waals surface area contributed by atoms with Crippen LogP contribution in [0.5, 0.6) is 0 Å². The molecule has 1 saturated heterocycles. The predicted octanol–water partition coefficient (Wildman–Crippen LogP) is 3.38. The topological polar surface area (TPSA) is 15.3 Å². The highest BCUT2D eigenvalue weighted by molar-refractivity contribution is 4.90. The number of hydrogen-bond donors (Lipinski definition) is 1. The third-order valence-electron chi connectivity index (χ3n) is 5.56. The smallest absolute Gasteiger partial charge is 0.0112 e. The van der Waals surface area contributed by atoms with Gasteiger partial charge >= 0.3 is 0 Å². The molecular weight excluding hydrogens is 232 g/mol. The lowest BCUT2D eigenvalue weighted by Crippen LogP contribution is -2.48. The van der Waals surface area contributed by atoms with E-state index < -0.39 is 0 Å². The minimum Gasteiger partial charge on any atom is -0.314 e. The highest BCUT2D eigenvalue weighted by atomic mass is 15.2. The molecule has 0 amide bonds. The molecule has 2 rings (SSSR count). The van der Waals surface area contributed by atoms with Crippen LogP contribution in [0, 0.1) is 23.7 Å². The van der Waals surface area contributed by atoms with Gasteiger partial charge in [-0.05, 0) is 56.0 Å². The van der Waals surface area contributed by atoms with Gasteiger partial charge in [-0.25, -0.2) is 0 Å². The van der Waals surface area contributed by atoms with Gasteiger partial charge in [0.1, 0.15) is 0 Å². The second kappa shape index (κ2) is 7.08. The first-order valence-corrected chi connectivity index (χ1v) is 8.59. The van der Waals surface area contributed by atoms with Gasteiger partial charge in [-0.1, -0.05) is 34.1 Å². The standard InChI is InChI=1S/C17H34N2/c1-5-15-7-8-19(11-15)12-16-14(4)9-13(3)10-17(16)18-6-2/h13-18H,5-12H2,1-4H3. The van der Waals surface area contributed by atoms with Gasteiger partial charge in [0.2, 0.25) is 0 Å². The highest BCUT2D eigenvalue weighted by Gasteiger charge is 2.35. The van der Waals surface area contributed by atoms with Crippen molar-refractivity contribution in [1.29, 1.82) is 0 Å². The molecular formula is C17H34N2. The zero-order valence-electron chi connectivity index (χ0n) is 13.5. The number of rotatable bonds is 5. The average Bonchev–Trinajstić information content (AvgIpc) is 2.81. The van der Waals surface area contributed by atoms with Crippen molar-refractivity contribution in [2.75, 3.05) is 26.2 Å². The number of nitrogens with one attached hydrogen (secondary N) is 1. The Bertz CT molecular complexity index is 266. The van der Waals surface area contributed by atoms with Crippen molar-refractivity contribution in [3.8, 4) is 0 Å². The van der Waals surface area contributed by atoms with E-state index in [2.05, 4.69) is 37.9 Å². The van der Waals surface area contributed by atoms with Crippen molar-refractivity contribution in [3.05, 3.63) is 0 Å².